The third-order valence-electron chi connectivity index (χ3n) is 2.64. The van der Waals surface area contributed by atoms with Gasteiger partial charge in [-0.15, -0.1) is 0 Å². The highest BCUT2D eigenvalue weighted by atomic mass is 32.2. The first-order chi connectivity index (χ1) is 6.90. The topological polar surface area (TPSA) is 61.4 Å². The van der Waals surface area contributed by atoms with Crippen LogP contribution in [0, 0.1) is 0 Å². The van der Waals surface area contributed by atoms with E-state index in [1.54, 1.807) is 0 Å². The van der Waals surface area contributed by atoms with Crippen molar-refractivity contribution in [3.63, 3.8) is 0 Å². The van der Waals surface area contributed by atoms with E-state index >= 15 is 0 Å². The second kappa shape index (κ2) is 5.25. The summed E-state index contributed by atoms with van der Waals surface area (Å²) in [5.41, 5.74) is 0. The molecule has 0 saturated carbocycles. The minimum atomic E-state index is -3.08. The highest BCUT2D eigenvalue weighted by Gasteiger charge is 2.24. The summed E-state index contributed by atoms with van der Waals surface area (Å²) in [6, 6.07) is 0.715. The molecule has 0 aromatic rings. The molecular formula is C9H21N3O2S. The van der Waals surface area contributed by atoms with Gasteiger partial charge < -0.3 is 5.32 Å². The third kappa shape index (κ3) is 4.46. The van der Waals surface area contributed by atoms with Gasteiger partial charge in [-0.1, -0.05) is 0 Å². The van der Waals surface area contributed by atoms with Gasteiger partial charge in [0.15, 0.2) is 0 Å². The Kier molecular flexibility index (Phi) is 4.51. The second-order valence-corrected chi connectivity index (χ2v) is 6.14. The molecule has 15 heavy (non-hydrogen) atoms. The predicted molar refractivity (Wildman–Crippen MR) is 61.3 cm³/mol. The zero-order valence-electron chi connectivity index (χ0n) is 9.66. The van der Waals surface area contributed by atoms with Gasteiger partial charge in [0.2, 0.25) is 10.0 Å². The molecule has 90 valence electrons. The average molecular weight is 235 g/mol. The average Bonchev–Trinajstić information content (AvgIpc) is 2.14. The van der Waals surface area contributed by atoms with Crippen LogP contribution in [0.4, 0.5) is 0 Å². The SMILES string of the molecule is CC(C)N1CCNC[C@@H]1CNS(C)(=O)=O. The Morgan fingerprint density at radius 2 is 2.20 bits per heavy atom. The summed E-state index contributed by atoms with van der Waals surface area (Å²) in [4.78, 5) is 2.33. The molecule has 0 aromatic heterocycles. The highest BCUT2D eigenvalue weighted by Crippen LogP contribution is 2.07. The molecule has 0 bridgehead atoms. The van der Waals surface area contributed by atoms with E-state index in [0.29, 0.717) is 12.6 Å². The molecule has 2 N–H and O–H groups in total. The Labute approximate surface area is 92.3 Å². The number of rotatable bonds is 4. The first-order valence-corrected chi connectivity index (χ1v) is 7.20. The number of sulfonamides is 1. The number of nitrogens with one attached hydrogen (secondary N) is 2. The second-order valence-electron chi connectivity index (χ2n) is 4.31. The van der Waals surface area contributed by atoms with Crippen molar-refractivity contribution in [1.29, 1.82) is 0 Å². The van der Waals surface area contributed by atoms with Crippen molar-refractivity contribution in [1.82, 2.24) is 14.9 Å². The monoisotopic (exact) mass is 235 g/mol. The lowest BCUT2D eigenvalue weighted by Crippen LogP contribution is -2.57. The molecule has 0 aliphatic carbocycles. The minimum absolute atomic E-state index is 0.258. The van der Waals surface area contributed by atoms with Gasteiger partial charge in [0.25, 0.3) is 0 Å². The minimum Gasteiger partial charge on any atom is -0.314 e. The van der Waals surface area contributed by atoms with Crippen molar-refractivity contribution in [3.05, 3.63) is 0 Å². The van der Waals surface area contributed by atoms with Gasteiger partial charge in [-0.25, -0.2) is 13.1 Å². The smallest absolute Gasteiger partial charge is 0.208 e. The maximum atomic E-state index is 11.0. The summed E-state index contributed by atoms with van der Waals surface area (Å²) < 4.78 is 24.6. The number of hydrogen-bond donors (Lipinski definition) is 2. The Bertz CT molecular complexity index is 290. The molecule has 6 heteroatoms. The van der Waals surface area contributed by atoms with Crippen LogP contribution in [0.2, 0.25) is 0 Å². The van der Waals surface area contributed by atoms with E-state index in [1.807, 2.05) is 0 Å². The van der Waals surface area contributed by atoms with Crippen molar-refractivity contribution in [2.75, 3.05) is 32.4 Å². The van der Waals surface area contributed by atoms with Crippen LogP contribution >= 0.6 is 0 Å². The molecule has 1 atom stereocenters. The summed E-state index contributed by atoms with van der Waals surface area (Å²) in [6.45, 7) is 7.57. The van der Waals surface area contributed by atoms with Crippen molar-refractivity contribution in [2.24, 2.45) is 0 Å². The van der Waals surface area contributed by atoms with E-state index in [4.69, 9.17) is 0 Å². The Hall–Kier alpha value is -0.170. The van der Waals surface area contributed by atoms with Crippen LogP contribution in [-0.4, -0.2) is 57.8 Å². The molecule has 1 aliphatic rings. The summed E-state index contributed by atoms with van der Waals surface area (Å²) in [6.07, 6.45) is 1.20. The van der Waals surface area contributed by atoms with Crippen LogP contribution in [0.15, 0.2) is 0 Å². The largest absolute Gasteiger partial charge is 0.314 e. The zero-order chi connectivity index (χ0) is 11.5. The molecule has 0 spiro atoms. The molecule has 0 radical (unpaired) electrons. The van der Waals surface area contributed by atoms with Gasteiger partial charge in [0, 0.05) is 38.3 Å². The summed E-state index contributed by atoms with van der Waals surface area (Å²) >= 11 is 0. The predicted octanol–water partition coefficient (Wildman–Crippen LogP) is -0.782. The van der Waals surface area contributed by atoms with Gasteiger partial charge in [-0.3, -0.25) is 4.90 Å². The normalized spacial score (nSPS) is 24.7. The fraction of sp³-hybridized carbons (Fsp3) is 1.00. The molecule has 1 rings (SSSR count). The molecule has 0 aromatic carbocycles. The van der Waals surface area contributed by atoms with Gasteiger partial charge >= 0.3 is 0 Å². The van der Waals surface area contributed by atoms with Crippen molar-refractivity contribution in [2.45, 2.75) is 25.9 Å². The first-order valence-electron chi connectivity index (χ1n) is 5.31. The van der Waals surface area contributed by atoms with Crippen LogP contribution < -0.4 is 10.0 Å². The molecule has 5 nitrogen and oxygen atoms in total. The van der Waals surface area contributed by atoms with E-state index in [9.17, 15) is 8.42 Å². The molecule has 0 unspecified atom stereocenters. The van der Waals surface area contributed by atoms with Gasteiger partial charge in [-0.05, 0) is 13.8 Å². The Balaban J connectivity index is 2.50. The fourth-order valence-corrected chi connectivity index (χ4v) is 2.39. The molecular weight excluding hydrogens is 214 g/mol. The van der Waals surface area contributed by atoms with Crippen LogP contribution in [-0.2, 0) is 10.0 Å². The van der Waals surface area contributed by atoms with E-state index in [2.05, 4.69) is 28.8 Å². The summed E-state index contributed by atoms with van der Waals surface area (Å²) in [5, 5.41) is 3.28. The number of nitrogens with zero attached hydrogens (tertiary/aromatic N) is 1. The van der Waals surface area contributed by atoms with Crippen molar-refractivity contribution < 1.29 is 8.42 Å². The molecule has 1 saturated heterocycles. The van der Waals surface area contributed by atoms with E-state index in [-0.39, 0.29) is 6.04 Å². The first kappa shape index (κ1) is 12.9. The molecule has 1 aliphatic heterocycles. The summed E-state index contributed by atoms with van der Waals surface area (Å²) in [5.74, 6) is 0. The maximum Gasteiger partial charge on any atom is 0.208 e. The maximum absolute atomic E-state index is 11.0. The van der Waals surface area contributed by atoms with E-state index < -0.39 is 10.0 Å². The van der Waals surface area contributed by atoms with Crippen molar-refractivity contribution in [3.8, 4) is 0 Å². The third-order valence-corrected chi connectivity index (χ3v) is 3.33. The standard InChI is InChI=1S/C9H21N3O2S/c1-8(2)12-5-4-10-6-9(12)7-11-15(3,13)14/h8-11H,4-7H2,1-3H3/t9-/m1/s1. The Morgan fingerprint density at radius 3 is 2.73 bits per heavy atom. The van der Waals surface area contributed by atoms with Gasteiger partial charge in [0.1, 0.15) is 0 Å². The quantitative estimate of drug-likeness (QED) is 0.671. The van der Waals surface area contributed by atoms with Crippen molar-refractivity contribution >= 4 is 10.0 Å². The number of hydrogen-bond acceptors (Lipinski definition) is 4. The number of piperazine rings is 1. The van der Waals surface area contributed by atoms with Crippen LogP contribution in [0.3, 0.4) is 0 Å². The van der Waals surface area contributed by atoms with E-state index in [1.165, 1.54) is 6.26 Å². The van der Waals surface area contributed by atoms with Crippen LogP contribution in [0.5, 0.6) is 0 Å². The van der Waals surface area contributed by atoms with Gasteiger partial charge in [-0.2, -0.15) is 0 Å². The molecule has 0 amide bonds. The lowest BCUT2D eigenvalue weighted by Gasteiger charge is -2.38. The lowest BCUT2D eigenvalue weighted by molar-refractivity contribution is 0.126. The Morgan fingerprint density at radius 1 is 1.53 bits per heavy atom. The van der Waals surface area contributed by atoms with Crippen LogP contribution in [0.25, 0.3) is 0 Å². The summed E-state index contributed by atoms with van der Waals surface area (Å²) in [7, 11) is -3.08. The van der Waals surface area contributed by atoms with Crippen LogP contribution in [0.1, 0.15) is 13.8 Å². The van der Waals surface area contributed by atoms with E-state index in [0.717, 1.165) is 19.6 Å². The van der Waals surface area contributed by atoms with Gasteiger partial charge in [0.05, 0.1) is 6.26 Å². The molecule has 1 heterocycles. The highest BCUT2D eigenvalue weighted by molar-refractivity contribution is 7.88. The lowest BCUT2D eigenvalue weighted by atomic mass is 10.1. The molecule has 1 fully saturated rings. The fourth-order valence-electron chi connectivity index (χ4n) is 1.89. The zero-order valence-corrected chi connectivity index (χ0v) is 10.5.